The molecule has 0 aromatic rings. The average molecular weight is 197 g/mol. The van der Waals surface area contributed by atoms with E-state index >= 15 is 0 Å². The van der Waals surface area contributed by atoms with E-state index in [9.17, 15) is 4.79 Å². The minimum absolute atomic E-state index is 0.394. The number of alkyl halides is 1. The summed E-state index contributed by atoms with van der Waals surface area (Å²) >= 11 is 6.38. The molecule has 5 rings (SSSR count). The van der Waals surface area contributed by atoms with Gasteiger partial charge in [-0.1, -0.05) is 0 Å². The molecule has 0 saturated heterocycles. The molecule has 0 N–H and O–H groups in total. The molecular weight excluding hydrogens is 184 g/mol. The number of halogens is 1. The highest BCUT2D eigenvalue weighted by Crippen LogP contribution is 2.83. The minimum atomic E-state index is 0.394. The van der Waals surface area contributed by atoms with Crippen LogP contribution in [-0.2, 0) is 4.79 Å². The molecule has 0 radical (unpaired) electrons. The van der Waals surface area contributed by atoms with Gasteiger partial charge in [-0.2, -0.15) is 0 Å². The van der Waals surface area contributed by atoms with Gasteiger partial charge in [0.1, 0.15) is 5.78 Å². The molecule has 0 unspecified atom stereocenters. The van der Waals surface area contributed by atoms with Crippen molar-refractivity contribution in [3.8, 4) is 0 Å². The number of hydrogen-bond acceptors (Lipinski definition) is 1. The quantitative estimate of drug-likeness (QED) is 0.586. The Balaban J connectivity index is 1.78. The van der Waals surface area contributed by atoms with Gasteiger partial charge < -0.3 is 0 Å². The third-order valence-electron chi connectivity index (χ3n) is 5.32. The van der Waals surface area contributed by atoms with Crippen LogP contribution < -0.4 is 0 Å². The average Bonchev–Trinajstić information content (AvgIpc) is 2.36. The lowest BCUT2D eigenvalue weighted by molar-refractivity contribution is -0.122. The molecule has 70 valence electrons. The Morgan fingerprint density at radius 1 is 1.15 bits per heavy atom. The van der Waals surface area contributed by atoms with Crippen molar-refractivity contribution in [1.82, 2.24) is 0 Å². The van der Waals surface area contributed by atoms with Crippen molar-refractivity contribution in [3.63, 3.8) is 0 Å². The summed E-state index contributed by atoms with van der Waals surface area (Å²) < 4.78 is 0. The topological polar surface area (TPSA) is 17.1 Å². The molecule has 0 heterocycles. The highest BCUT2D eigenvalue weighted by molar-refractivity contribution is 6.22. The van der Waals surface area contributed by atoms with Crippen LogP contribution in [0.1, 0.15) is 13.3 Å². The van der Waals surface area contributed by atoms with Crippen molar-refractivity contribution in [3.05, 3.63) is 0 Å². The van der Waals surface area contributed by atoms with Gasteiger partial charge in [-0.15, -0.1) is 11.6 Å². The Labute approximate surface area is 82.8 Å². The van der Waals surface area contributed by atoms with Gasteiger partial charge in [0.05, 0.1) is 0 Å². The minimum Gasteiger partial charge on any atom is -0.300 e. The largest absolute Gasteiger partial charge is 0.300 e. The Bertz CT molecular complexity index is 306. The summed E-state index contributed by atoms with van der Waals surface area (Å²) in [6.45, 7) is 1.77. The fourth-order valence-corrected chi connectivity index (χ4v) is 5.83. The summed E-state index contributed by atoms with van der Waals surface area (Å²) in [5.74, 6) is 5.75. The van der Waals surface area contributed by atoms with Crippen LogP contribution in [0.15, 0.2) is 0 Å². The van der Waals surface area contributed by atoms with Crippen LogP contribution >= 0.6 is 11.6 Å². The summed E-state index contributed by atoms with van der Waals surface area (Å²) in [4.78, 5) is 11.4. The van der Waals surface area contributed by atoms with Crippen LogP contribution in [0.3, 0.4) is 0 Å². The van der Waals surface area contributed by atoms with E-state index in [1.165, 1.54) is 6.42 Å². The highest BCUT2D eigenvalue weighted by Gasteiger charge is 2.81. The van der Waals surface area contributed by atoms with Crippen molar-refractivity contribution in [2.75, 3.05) is 0 Å². The lowest BCUT2D eigenvalue weighted by Gasteiger charge is -2.18. The lowest BCUT2D eigenvalue weighted by Crippen LogP contribution is -2.21. The number of hydrogen-bond donors (Lipinski definition) is 0. The molecule has 0 aromatic heterocycles. The Hall–Kier alpha value is -0.0400. The number of carbonyl (C=O) groups excluding carboxylic acids is 1. The molecular formula is C11H13ClO. The normalized spacial score (nSPS) is 70.3. The van der Waals surface area contributed by atoms with Gasteiger partial charge in [0.15, 0.2) is 0 Å². The maximum absolute atomic E-state index is 11.4. The molecule has 0 amide bonds. The first-order valence-electron chi connectivity index (χ1n) is 5.36. The second-order valence-corrected chi connectivity index (χ2v) is 5.95. The van der Waals surface area contributed by atoms with Gasteiger partial charge in [0.25, 0.3) is 0 Å². The fourth-order valence-electron chi connectivity index (χ4n) is 5.14. The molecule has 5 fully saturated rings. The van der Waals surface area contributed by atoms with Crippen LogP contribution in [0.2, 0.25) is 0 Å². The second kappa shape index (κ2) is 1.84. The molecule has 5 aliphatic rings. The highest BCUT2D eigenvalue weighted by atomic mass is 35.5. The zero-order chi connectivity index (χ0) is 8.90. The molecule has 0 spiro atoms. The fraction of sp³-hybridized carbons (Fsp3) is 0.909. The van der Waals surface area contributed by atoms with E-state index < -0.39 is 0 Å². The van der Waals surface area contributed by atoms with Gasteiger partial charge in [-0.25, -0.2) is 0 Å². The smallest absolute Gasteiger partial charge is 0.133 e. The van der Waals surface area contributed by atoms with Crippen LogP contribution in [-0.4, -0.2) is 11.2 Å². The maximum Gasteiger partial charge on any atom is 0.133 e. The summed E-state index contributed by atoms with van der Waals surface area (Å²) in [6, 6.07) is 0. The summed E-state index contributed by atoms with van der Waals surface area (Å²) in [5.41, 5.74) is 0. The van der Waals surface area contributed by atoms with E-state index in [4.69, 9.17) is 11.6 Å². The molecule has 5 saturated carbocycles. The van der Waals surface area contributed by atoms with E-state index in [2.05, 4.69) is 0 Å². The number of Topliss-reactive ketones (excluding diaryl/α,β-unsaturated/α-hetero) is 1. The van der Waals surface area contributed by atoms with E-state index in [1.807, 2.05) is 0 Å². The van der Waals surface area contributed by atoms with Gasteiger partial charge in [0.2, 0.25) is 0 Å². The third-order valence-corrected chi connectivity index (χ3v) is 5.90. The Morgan fingerprint density at radius 3 is 2.38 bits per heavy atom. The van der Waals surface area contributed by atoms with E-state index in [0.29, 0.717) is 23.0 Å². The van der Waals surface area contributed by atoms with E-state index in [1.54, 1.807) is 6.92 Å². The van der Waals surface area contributed by atoms with E-state index in [0.717, 1.165) is 29.6 Å². The van der Waals surface area contributed by atoms with Crippen molar-refractivity contribution in [1.29, 1.82) is 0 Å². The molecule has 0 aliphatic heterocycles. The predicted molar refractivity (Wildman–Crippen MR) is 49.4 cm³/mol. The Morgan fingerprint density at radius 2 is 1.92 bits per heavy atom. The molecule has 0 aromatic carbocycles. The van der Waals surface area contributed by atoms with Gasteiger partial charge in [-0.3, -0.25) is 4.79 Å². The van der Waals surface area contributed by atoms with E-state index in [-0.39, 0.29) is 0 Å². The summed E-state index contributed by atoms with van der Waals surface area (Å²) in [5, 5.41) is 0.439. The molecule has 13 heavy (non-hydrogen) atoms. The zero-order valence-corrected chi connectivity index (χ0v) is 8.37. The van der Waals surface area contributed by atoms with Crippen molar-refractivity contribution in [2.24, 2.45) is 41.4 Å². The van der Waals surface area contributed by atoms with Crippen LogP contribution in [0.5, 0.6) is 0 Å². The molecule has 8 atom stereocenters. The number of ketones is 1. The molecule has 5 aliphatic carbocycles. The monoisotopic (exact) mass is 196 g/mol. The second-order valence-electron chi connectivity index (χ2n) is 5.45. The summed E-state index contributed by atoms with van der Waals surface area (Å²) in [7, 11) is 0. The van der Waals surface area contributed by atoms with Crippen LogP contribution in [0, 0.1) is 41.4 Å². The van der Waals surface area contributed by atoms with Gasteiger partial charge in [-0.05, 0) is 48.9 Å². The Kier molecular flexibility index (Phi) is 1.03. The van der Waals surface area contributed by atoms with Crippen molar-refractivity contribution >= 4 is 17.4 Å². The maximum atomic E-state index is 11.4. The SMILES string of the molecule is CC(=O)[C@@H]1C[C@H]2[C@@H]3[C@@H]4[C@H](Cl)[C@H]2[C@H]1[C@@H]43. The van der Waals surface area contributed by atoms with Crippen molar-refractivity contribution in [2.45, 2.75) is 18.7 Å². The zero-order valence-electron chi connectivity index (χ0n) is 7.61. The van der Waals surface area contributed by atoms with Gasteiger partial charge >= 0.3 is 0 Å². The van der Waals surface area contributed by atoms with Crippen LogP contribution in [0.25, 0.3) is 0 Å². The molecule has 6 bridgehead atoms. The number of rotatable bonds is 1. The first-order chi connectivity index (χ1) is 6.22. The first kappa shape index (κ1) is 7.28. The standard InChI is InChI=1S/C11H13ClO/c1-3(13)4-2-5-7-9-6(4)8(5)11(12)10(7)9/h4-11H,2H2,1H3/t4-,5-,6-,7-,8+,9+,10-,11+/m0/s1. The first-order valence-corrected chi connectivity index (χ1v) is 5.80. The predicted octanol–water partition coefficient (Wildman–Crippen LogP) is 1.94. The number of carbonyl (C=O) groups is 1. The molecule has 2 heteroatoms. The van der Waals surface area contributed by atoms with Crippen molar-refractivity contribution < 1.29 is 4.79 Å². The lowest BCUT2D eigenvalue weighted by atomic mass is 9.86. The third kappa shape index (κ3) is 0.562. The molecule has 1 nitrogen and oxygen atoms in total. The summed E-state index contributed by atoms with van der Waals surface area (Å²) in [6.07, 6.45) is 1.17. The van der Waals surface area contributed by atoms with Crippen LogP contribution in [0.4, 0.5) is 0 Å². The van der Waals surface area contributed by atoms with Gasteiger partial charge in [0, 0.05) is 11.3 Å².